The molecule has 1 saturated heterocycles. The van der Waals surface area contributed by atoms with Gasteiger partial charge in [-0.05, 0) is 20.3 Å². The van der Waals surface area contributed by atoms with Gasteiger partial charge in [0, 0.05) is 24.4 Å². The van der Waals surface area contributed by atoms with E-state index in [1.807, 2.05) is 18.0 Å². The molecular formula is C10H18N4OS. The van der Waals surface area contributed by atoms with E-state index in [1.54, 1.807) is 4.68 Å². The summed E-state index contributed by atoms with van der Waals surface area (Å²) in [6, 6.07) is 0. The van der Waals surface area contributed by atoms with E-state index >= 15 is 0 Å². The maximum Gasteiger partial charge on any atom is 0.110 e. The van der Waals surface area contributed by atoms with Crippen LogP contribution in [0, 0.1) is 0 Å². The van der Waals surface area contributed by atoms with Gasteiger partial charge in [0.2, 0.25) is 0 Å². The molecule has 1 fully saturated rings. The van der Waals surface area contributed by atoms with Crippen molar-refractivity contribution in [2.75, 3.05) is 12.4 Å². The number of nitrogens with one attached hydrogen (secondary N) is 1. The van der Waals surface area contributed by atoms with Crippen LogP contribution in [0.2, 0.25) is 0 Å². The molecule has 0 bridgehead atoms. The molecule has 1 aromatic heterocycles. The Morgan fingerprint density at radius 1 is 1.69 bits per heavy atom. The zero-order valence-electron chi connectivity index (χ0n) is 9.68. The zero-order chi connectivity index (χ0) is 11.6. The molecule has 90 valence electrons. The lowest BCUT2D eigenvalue weighted by Gasteiger charge is -2.17. The highest BCUT2D eigenvalue weighted by atomic mass is 32.2. The fourth-order valence-corrected chi connectivity index (χ4v) is 3.01. The highest BCUT2D eigenvalue weighted by molar-refractivity contribution is 7.99. The van der Waals surface area contributed by atoms with Gasteiger partial charge in [0.1, 0.15) is 11.1 Å². The largest absolute Gasteiger partial charge is 0.396 e. The lowest BCUT2D eigenvalue weighted by Crippen LogP contribution is -2.35. The van der Waals surface area contributed by atoms with Crippen LogP contribution in [0.15, 0.2) is 6.20 Å². The number of rotatable bonds is 4. The molecule has 5 nitrogen and oxygen atoms in total. The summed E-state index contributed by atoms with van der Waals surface area (Å²) in [5.41, 5.74) is 1.15. The molecule has 1 unspecified atom stereocenters. The second kappa shape index (κ2) is 4.73. The molecule has 1 aromatic rings. The van der Waals surface area contributed by atoms with Crippen LogP contribution in [-0.4, -0.2) is 38.0 Å². The Balaban J connectivity index is 1.97. The van der Waals surface area contributed by atoms with Crippen LogP contribution in [0.5, 0.6) is 0 Å². The van der Waals surface area contributed by atoms with E-state index in [9.17, 15) is 0 Å². The molecule has 1 aliphatic rings. The molecular weight excluding hydrogens is 224 g/mol. The summed E-state index contributed by atoms with van der Waals surface area (Å²) in [5, 5.41) is 20.7. The predicted molar refractivity (Wildman–Crippen MR) is 64.1 cm³/mol. The van der Waals surface area contributed by atoms with Crippen molar-refractivity contribution < 1.29 is 5.11 Å². The standard InChI is InChI=1S/C10H18N4OS/c1-10(2)7-16-9(11-10)8-6-14(13-12-8)4-3-5-15/h6,9,11,15H,3-5,7H2,1-2H3. The van der Waals surface area contributed by atoms with Crippen LogP contribution in [0.4, 0.5) is 0 Å². The first-order chi connectivity index (χ1) is 7.61. The van der Waals surface area contributed by atoms with Gasteiger partial charge in [0.05, 0.1) is 6.20 Å². The van der Waals surface area contributed by atoms with Crippen molar-refractivity contribution in [1.82, 2.24) is 20.3 Å². The number of aliphatic hydroxyl groups excluding tert-OH is 1. The SMILES string of the molecule is CC1(C)CSC(c2cn(CCCO)nn2)N1. The molecule has 16 heavy (non-hydrogen) atoms. The van der Waals surface area contributed by atoms with Gasteiger partial charge < -0.3 is 5.11 Å². The second-order valence-corrected chi connectivity index (χ2v) is 5.80. The van der Waals surface area contributed by atoms with Crippen molar-refractivity contribution in [2.45, 2.75) is 37.7 Å². The smallest absolute Gasteiger partial charge is 0.110 e. The molecule has 0 saturated carbocycles. The molecule has 0 radical (unpaired) electrons. The Labute approximate surface area is 99.6 Å². The normalized spacial score (nSPS) is 23.8. The van der Waals surface area contributed by atoms with Gasteiger partial charge in [0.25, 0.3) is 0 Å². The first kappa shape index (κ1) is 11.9. The van der Waals surface area contributed by atoms with Gasteiger partial charge in [-0.15, -0.1) is 16.9 Å². The molecule has 0 amide bonds. The number of aryl methyl sites for hydroxylation is 1. The minimum absolute atomic E-state index is 0.171. The van der Waals surface area contributed by atoms with Crippen molar-refractivity contribution in [3.05, 3.63) is 11.9 Å². The molecule has 2 N–H and O–H groups in total. The average molecular weight is 242 g/mol. The molecule has 6 heteroatoms. The van der Waals surface area contributed by atoms with Gasteiger partial charge in [0.15, 0.2) is 0 Å². The number of hydrogen-bond acceptors (Lipinski definition) is 5. The Morgan fingerprint density at radius 2 is 2.50 bits per heavy atom. The maximum absolute atomic E-state index is 8.74. The summed E-state index contributed by atoms with van der Waals surface area (Å²) in [7, 11) is 0. The highest BCUT2D eigenvalue weighted by Gasteiger charge is 2.32. The quantitative estimate of drug-likeness (QED) is 0.816. The molecule has 0 aliphatic carbocycles. The molecule has 2 heterocycles. The van der Waals surface area contributed by atoms with Crippen molar-refractivity contribution >= 4 is 11.8 Å². The number of nitrogens with zero attached hydrogens (tertiary/aromatic N) is 3. The number of thioether (sulfide) groups is 1. The van der Waals surface area contributed by atoms with Gasteiger partial charge >= 0.3 is 0 Å². The highest BCUT2D eigenvalue weighted by Crippen LogP contribution is 2.35. The number of aliphatic hydroxyl groups is 1. The summed E-state index contributed by atoms with van der Waals surface area (Å²) in [4.78, 5) is 0. The van der Waals surface area contributed by atoms with Crippen molar-refractivity contribution in [3.8, 4) is 0 Å². The summed E-state index contributed by atoms with van der Waals surface area (Å²) in [6.07, 6.45) is 2.68. The molecule has 0 spiro atoms. The van der Waals surface area contributed by atoms with Crippen molar-refractivity contribution in [3.63, 3.8) is 0 Å². The Hall–Kier alpha value is -0.590. The third-order valence-electron chi connectivity index (χ3n) is 2.50. The summed E-state index contributed by atoms with van der Waals surface area (Å²) < 4.78 is 1.79. The third kappa shape index (κ3) is 2.75. The minimum atomic E-state index is 0.171. The van der Waals surface area contributed by atoms with Gasteiger partial charge in [-0.25, -0.2) is 0 Å². The van der Waals surface area contributed by atoms with E-state index in [-0.39, 0.29) is 17.5 Å². The Morgan fingerprint density at radius 3 is 3.12 bits per heavy atom. The fraction of sp³-hybridized carbons (Fsp3) is 0.800. The van der Waals surface area contributed by atoms with Crippen molar-refractivity contribution in [1.29, 1.82) is 0 Å². The van der Waals surface area contributed by atoms with Crippen LogP contribution >= 0.6 is 11.8 Å². The fourth-order valence-electron chi connectivity index (χ4n) is 1.66. The molecule has 2 rings (SSSR count). The first-order valence-corrected chi connectivity index (χ1v) is 6.56. The van der Waals surface area contributed by atoms with Crippen molar-refractivity contribution in [2.24, 2.45) is 0 Å². The van der Waals surface area contributed by atoms with E-state index in [4.69, 9.17) is 5.11 Å². The van der Waals surface area contributed by atoms with Crippen LogP contribution in [-0.2, 0) is 6.54 Å². The summed E-state index contributed by atoms with van der Waals surface area (Å²) in [6.45, 7) is 5.30. The van der Waals surface area contributed by atoms with Crippen LogP contribution < -0.4 is 5.32 Å². The maximum atomic E-state index is 8.74. The lowest BCUT2D eigenvalue weighted by atomic mass is 10.1. The van der Waals surface area contributed by atoms with Crippen LogP contribution in [0.25, 0.3) is 0 Å². The van der Waals surface area contributed by atoms with Gasteiger partial charge in [-0.1, -0.05) is 5.21 Å². The topological polar surface area (TPSA) is 63.0 Å². The summed E-state index contributed by atoms with van der Waals surface area (Å²) in [5.74, 6) is 1.08. The number of aromatic nitrogens is 3. The van der Waals surface area contributed by atoms with Crippen LogP contribution in [0.1, 0.15) is 31.3 Å². The first-order valence-electron chi connectivity index (χ1n) is 5.51. The molecule has 1 aliphatic heterocycles. The molecule has 0 aromatic carbocycles. The van der Waals surface area contributed by atoms with Gasteiger partial charge in [-0.3, -0.25) is 10.00 Å². The Kier molecular flexibility index (Phi) is 3.51. The number of hydrogen-bond donors (Lipinski definition) is 2. The Bertz CT molecular complexity index is 352. The van der Waals surface area contributed by atoms with Gasteiger partial charge in [-0.2, -0.15) is 0 Å². The van der Waals surface area contributed by atoms with Crippen LogP contribution in [0.3, 0.4) is 0 Å². The van der Waals surface area contributed by atoms with E-state index < -0.39 is 0 Å². The average Bonchev–Trinajstić information content (AvgIpc) is 2.81. The lowest BCUT2D eigenvalue weighted by molar-refractivity contribution is 0.276. The minimum Gasteiger partial charge on any atom is -0.396 e. The van der Waals surface area contributed by atoms with E-state index in [0.717, 1.165) is 24.4 Å². The van der Waals surface area contributed by atoms with E-state index in [2.05, 4.69) is 29.5 Å². The van der Waals surface area contributed by atoms with E-state index in [1.165, 1.54) is 0 Å². The van der Waals surface area contributed by atoms with E-state index in [0.29, 0.717) is 0 Å². The second-order valence-electron chi connectivity index (χ2n) is 4.70. The zero-order valence-corrected chi connectivity index (χ0v) is 10.5. The molecule has 1 atom stereocenters. The summed E-state index contributed by atoms with van der Waals surface area (Å²) >= 11 is 1.86. The third-order valence-corrected chi connectivity index (χ3v) is 4.08. The monoisotopic (exact) mass is 242 g/mol. The predicted octanol–water partition coefficient (Wildman–Crippen LogP) is 0.774.